The quantitative estimate of drug-likeness (QED) is 0.660. The summed E-state index contributed by atoms with van der Waals surface area (Å²) in [5.74, 6) is -0.951. The van der Waals surface area contributed by atoms with E-state index < -0.39 is 5.97 Å². The second-order valence-corrected chi connectivity index (χ2v) is 4.17. The summed E-state index contributed by atoms with van der Waals surface area (Å²) in [6.45, 7) is 1.53. The largest absolute Gasteiger partial charge is 0.477 e. The molecular formula is C17H14O2. The van der Waals surface area contributed by atoms with Gasteiger partial charge in [-0.2, -0.15) is 0 Å². The van der Waals surface area contributed by atoms with Gasteiger partial charge in [-0.3, -0.25) is 0 Å². The second-order valence-electron chi connectivity index (χ2n) is 4.17. The fourth-order valence-corrected chi connectivity index (χ4v) is 1.75. The van der Waals surface area contributed by atoms with Crippen molar-refractivity contribution in [2.75, 3.05) is 0 Å². The molecule has 0 fully saturated rings. The smallest absolute Gasteiger partial charge is 0.339 e. The minimum absolute atomic E-state index is 0.197. The summed E-state index contributed by atoms with van der Waals surface area (Å²) in [7, 11) is 0. The average molecular weight is 250 g/mol. The zero-order valence-corrected chi connectivity index (χ0v) is 10.6. The van der Waals surface area contributed by atoms with E-state index in [0.29, 0.717) is 0 Å². The van der Waals surface area contributed by atoms with Crippen LogP contribution in [0.15, 0.2) is 65.9 Å². The predicted octanol–water partition coefficient (Wildman–Crippen LogP) is 4.00. The van der Waals surface area contributed by atoms with Gasteiger partial charge in [0, 0.05) is 0 Å². The number of hydrogen-bond donors (Lipinski definition) is 1. The first-order chi connectivity index (χ1) is 9.18. The molecule has 2 rings (SSSR count). The summed E-state index contributed by atoms with van der Waals surface area (Å²) in [5, 5.41) is 8.83. The molecule has 2 aromatic rings. The molecule has 0 amide bonds. The van der Waals surface area contributed by atoms with E-state index in [4.69, 9.17) is 5.11 Å². The highest BCUT2D eigenvalue weighted by molar-refractivity contribution is 5.86. The van der Waals surface area contributed by atoms with Crippen molar-refractivity contribution in [3.63, 3.8) is 0 Å². The van der Waals surface area contributed by atoms with Crippen molar-refractivity contribution in [3.8, 4) is 11.1 Å². The summed E-state index contributed by atoms with van der Waals surface area (Å²) in [4.78, 5) is 10.8. The molecule has 19 heavy (non-hydrogen) atoms. The number of carboxylic acid groups (broad SMARTS) is 1. The van der Waals surface area contributed by atoms with Crippen LogP contribution in [0.25, 0.3) is 17.2 Å². The van der Waals surface area contributed by atoms with Gasteiger partial charge in [-0.25, -0.2) is 4.79 Å². The van der Waals surface area contributed by atoms with E-state index in [-0.39, 0.29) is 5.57 Å². The molecule has 2 nitrogen and oxygen atoms in total. The van der Waals surface area contributed by atoms with E-state index in [2.05, 4.69) is 5.73 Å². The normalized spacial score (nSPS) is 9.53. The van der Waals surface area contributed by atoms with Crippen LogP contribution in [-0.4, -0.2) is 11.1 Å². The lowest BCUT2D eigenvalue weighted by Gasteiger charge is -2.05. The van der Waals surface area contributed by atoms with E-state index in [1.54, 1.807) is 6.08 Å². The zero-order chi connectivity index (χ0) is 13.7. The van der Waals surface area contributed by atoms with Crippen molar-refractivity contribution in [2.24, 2.45) is 0 Å². The van der Waals surface area contributed by atoms with Crippen molar-refractivity contribution in [1.82, 2.24) is 0 Å². The monoisotopic (exact) mass is 250 g/mol. The minimum atomic E-state index is -0.951. The lowest BCUT2D eigenvalue weighted by molar-refractivity contribution is -0.132. The summed E-state index contributed by atoms with van der Waals surface area (Å²) in [6.07, 6.45) is 1.71. The molecule has 0 atom stereocenters. The maximum atomic E-state index is 10.8. The fourth-order valence-electron chi connectivity index (χ4n) is 1.75. The molecule has 94 valence electrons. The van der Waals surface area contributed by atoms with Gasteiger partial charge in [-0.1, -0.05) is 54.6 Å². The van der Waals surface area contributed by atoms with Gasteiger partial charge in [0.2, 0.25) is 0 Å². The summed E-state index contributed by atoms with van der Waals surface area (Å²) in [6, 6.07) is 17.8. The Kier molecular flexibility index (Phi) is 3.97. The summed E-state index contributed by atoms with van der Waals surface area (Å²) >= 11 is 0. The molecule has 1 N–H and O–H groups in total. The van der Waals surface area contributed by atoms with E-state index in [1.807, 2.05) is 54.6 Å². The van der Waals surface area contributed by atoms with Crippen molar-refractivity contribution in [1.29, 1.82) is 0 Å². The standard InChI is InChI=1S/C17H14O2/c1-13(17(18)19)11-12-15-9-5-6-10-16(15)14-7-3-2-4-8-14/h2-10,12H,1H3,(H,18,19). The highest BCUT2D eigenvalue weighted by Gasteiger charge is 2.01. The van der Waals surface area contributed by atoms with Crippen molar-refractivity contribution < 1.29 is 9.90 Å². The molecule has 2 aromatic carbocycles. The summed E-state index contributed by atoms with van der Waals surface area (Å²) in [5.41, 5.74) is 6.12. The van der Waals surface area contributed by atoms with Gasteiger partial charge in [0.1, 0.15) is 0 Å². The van der Waals surface area contributed by atoms with Crippen molar-refractivity contribution >= 4 is 12.0 Å². The highest BCUT2D eigenvalue weighted by Crippen LogP contribution is 2.24. The van der Waals surface area contributed by atoms with Crippen LogP contribution in [0.1, 0.15) is 12.5 Å². The Labute approximate surface area is 112 Å². The molecule has 0 saturated carbocycles. The lowest BCUT2D eigenvalue weighted by Crippen LogP contribution is -1.93. The topological polar surface area (TPSA) is 37.3 Å². The maximum Gasteiger partial charge on any atom is 0.339 e. The van der Waals surface area contributed by atoms with Gasteiger partial charge in [-0.05, 0) is 29.7 Å². The van der Waals surface area contributed by atoms with Gasteiger partial charge in [-0.15, -0.1) is 5.73 Å². The van der Waals surface area contributed by atoms with Crippen LogP contribution >= 0.6 is 0 Å². The highest BCUT2D eigenvalue weighted by atomic mass is 16.4. The van der Waals surface area contributed by atoms with Gasteiger partial charge in [0.05, 0.1) is 5.57 Å². The van der Waals surface area contributed by atoms with E-state index in [1.165, 1.54) is 6.92 Å². The molecule has 0 radical (unpaired) electrons. The van der Waals surface area contributed by atoms with Crippen LogP contribution in [-0.2, 0) is 4.79 Å². The average Bonchev–Trinajstić information content (AvgIpc) is 2.46. The molecular weight excluding hydrogens is 236 g/mol. The first-order valence-electron chi connectivity index (χ1n) is 5.99. The number of hydrogen-bond acceptors (Lipinski definition) is 1. The number of carboxylic acids is 1. The third-order valence-electron chi connectivity index (χ3n) is 2.81. The number of benzene rings is 2. The predicted molar refractivity (Wildman–Crippen MR) is 76.7 cm³/mol. The minimum Gasteiger partial charge on any atom is -0.477 e. The SMILES string of the molecule is CC(=C=Cc1ccccc1-c1ccccc1)C(=O)O. The summed E-state index contributed by atoms with van der Waals surface area (Å²) < 4.78 is 0. The van der Waals surface area contributed by atoms with Crippen molar-refractivity contribution in [2.45, 2.75) is 6.92 Å². The van der Waals surface area contributed by atoms with E-state index in [0.717, 1.165) is 16.7 Å². The Morgan fingerprint density at radius 3 is 2.37 bits per heavy atom. The maximum absolute atomic E-state index is 10.8. The lowest BCUT2D eigenvalue weighted by atomic mass is 9.99. The van der Waals surface area contributed by atoms with Crippen molar-refractivity contribution in [3.05, 3.63) is 71.5 Å². The Hall–Kier alpha value is -2.57. The fraction of sp³-hybridized carbons (Fsp3) is 0.0588. The van der Waals surface area contributed by atoms with Crippen LogP contribution in [0.5, 0.6) is 0 Å². The molecule has 2 heteroatoms. The van der Waals surface area contributed by atoms with Gasteiger partial charge in [0.15, 0.2) is 0 Å². The molecule has 0 unspecified atom stereocenters. The molecule has 0 bridgehead atoms. The first-order valence-corrected chi connectivity index (χ1v) is 5.99. The second kappa shape index (κ2) is 5.85. The number of aliphatic carboxylic acids is 1. The van der Waals surface area contributed by atoms with E-state index >= 15 is 0 Å². The molecule has 0 saturated heterocycles. The van der Waals surface area contributed by atoms with Crippen LogP contribution in [0, 0.1) is 0 Å². The molecule has 0 aliphatic carbocycles. The van der Waals surface area contributed by atoms with Crippen LogP contribution in [0.2, 0.25) is 0 Å². The molecule has 0 aliphatic heterocycles. The van der Waals surface area contributed by atoms with Crippen LogP contribution in [0.4, 0.5) is 0 Å². The van der Waals surface area contributed by atoms with Gasteiger partial charge in [0.25, 0.3) is 0 Å². The van der Waals surface area contributed by atoms with Crippen LogP contribution < -0.4 is 0 Å². The Bertz CT molecular complexity index is 648. The van der Waals surface area contributed by atoms with Crippen LogP contribution in [0.3, 0.4) is 0 Å². The first kappa shape index (κ1) is 12.9. The third-order valence-corrected chi connectivity index (χ3v) is 2.81. The Morgan fingerprint density at radius 1 is 1.05 bits per heavy atom. The zero-order valence-electron chi connectivity index (χ0n) is 10.6. The molecule has 0 aliphatic rings. The molecule has 0 heterocycles. The third kappa shape index (κ3) is 3.21. The Balaban J connectivity index is 2.49. The van der Waals surface area contributed by atoms with Gasteiger partial charge >= 0.3 is 5.97 Å². The molecule has 0 spiro atoms. The van der Waals surface area contributed by atoms with E-state index in [9.17, 15) is 4.79 Å². The number of carbonyl (C=O) groups is 1. The van der Waals surface area contributed by atoms with Gasteiger partial charge < -0.3 is 5.11 Å². The molecule has 0 aromatic heterocycles. The Morgan fingerprint density at radius 2 is 1.68 bits per heavy atom. The number of rotatable bonds is 3.